The van der Waals surface area contributed by atoms with Crippen molar-refractivity contribution in [1.82, 2.24) is 4.90 Å². The first kappa shape index (κ1) is 24.2. The van der Waals surface area contributed by atoms with Crippen LogP contribution in [0.2, 0.25) is 0 Å². The van der Waals surface area contributed by atoms with Crippen LogP contribution in [0.3, 0.4) is 0 Å². The Kier molecular flexibility index (Phi) is 9.02. The normalized spacial score (nSPS) is 21.4. The third-order valence-corrected chi connectivity index (χ3v) is 6.95. The molecule has 0 saturated heterocycles. The van der Waals surface area contributed by atoms with Gasteiger partial charge in [0.05, 0.1) is 17.7 Å². The van der Waals surface area contributed by atoms with E-state index in [1.54, 1.807) is 13.2 Å². The molecule has 4 nitrogen and oxygen atoms in total. The van der Waals surface area contributed by atoms with Crippen LogP contribution in [-0.4, -0.2) is 30.9 Å². The van der Waals surface area contributed by atoms with E-state index in [0.717, 1.165) is 50.8 Å². The number of ether oxygens (including phenoxy) is 1. The van der Waals surface area contributed by atoms with Gasteiger partial charge in [-0.3, -0.25) is 9.69 Å². The van der Waals surface area contributed by atoms with Crippen molar-refractivity contribution in [3.05, 3.63) is 71.3 Å². The molecule has 1 aliphatic rings. The van der Waals surface area contributed by atoms with Gasteiger partial charge in [0.25, 0.3) is 0 Å². The molecular formula is C28H36N2O2. The Morgan fingerprint density at radius 3 is 2.25 bits per heavy atom. The maximum absolute atomic E-state index is 14.2. The van der Waals surface area contributed by atoms with Gasteiger partial charge in [0.1, 0.15) is 5.78 Å². The van der Waals surface area contributed by atoms with Crippen LogP contribution in [0.1, 0.15) is 74.8 Å². The Morgan fingerprint density at radius 2 is 1.62 bits per heavy atom. The first-order valence-electron chi connectivity index (χ1n) is 12.0. The largest absolute Gasteiger partial charge is 0.376 e. The Labute approximate surface area is 193 Å². The number of Topliss-reactive ketones (excluding diaryl/α,β-unsaturated/α-hetero) is 1. The maximum Gasteiger partial charge on any atom is 0.143 e. The zero-order valence-electron chi connectivity index (χ0n) is 19.7. The molecule has 1 aliphatic carbocycles. The van der Waals surface area contributed by atoms with Gasteiger partial charge in [0.2, 0.25) is 0 Å². The summed E-state index contributed by atoms with van der Waals surface area (Å²) in [6, 6.07) is 20.3. The highest BCUT2D eigenvalue weighted by molar-refractivity contribution is 5.85. The van der Waals surface area contributed by atoms with Crippen molar-refractivity contribution in [2.45, 2.75) is 58.1 Å². The van der Waals surface area contributed by atoms with E-state index < -0.39 is 0 Å². The number of ketones is 1. The summed E-state index contributed by atoms with van der Waals surface area (Å²) in [6.45, 7) is 6.16. The van der Waals surface area contributed by atoms with Gasteiger partial charge in [-0.1, -0.05) is 75.6 Å². The summed E-state index contributed by atoms with van der Waals surface area (Å²) in [4.78, 5) is 16.6. The quantitative estimate of drug-likeness (QED) is 0.506. The molecule has 0 N–H and O–H groups in total. The molecule has 1 saturated carbocycles. The number of nitriles is 1. The van der Waals surface area contributed by atoms with Crippen molar-refractivity contribution in [3.63, 3.8) is 0 Å². The number of methoxy groups -OCH3 is 1. The maximum atomic E-state index is 14.2. The average Bonchev–Trinajstić information content (AvgIpc) is 2.83. The highest BCUT2D eigenvalue weighted by Gasteiger charge is 2.40. The van der Waals surface area contributed by atoms with E-state index in [0.29, 0.717) is 11.3 Å². The number of rotatable bonds is 8. The zero-order chi connectivity index (χ0) is 22.9. The summed E-state index contributed by atoms with van der Waals surface area (Å²) < 4.78 is 5.95. The lowest BCUT2D eigenvalue weighted by Gasteiger charge is -2.39. The summed E-state index contributed by atoms with van der Waals surface area (Å²) in [6.07, 6.45) is 4.64. The van der Waals surface area contributed by atoms with Gasteiger partial charge >= 0.3 is 0 Å². The van der Waals surface area contributed by atoms with Crippen LogP contribution < -0.4 is 0 Å². The van der Waals surface area contributed by atoms with Crippen LogP contribution >= 0.6 is 0 Å². The van der Waals surface area contributed by atoms with Crippen molar-refractivity contribution < 1.29 is 9.53 Å². The summed E-state index contributed by atoms with van der Waals surface area (Å²) in [5.74, 6) is 0.0279. The number of hydrogen-bond donors (Lipinski definition) is 0. The number of hydrogen-bond acceptors (Lipinski definition) is 4. The highest BCUT2D eigenvalue weighted by atomic mass is 16.5. The van der Waals surface area contributed by atoms with Crippen LogP contribution in [0.4, 0.5) is 0 Å². The van der Waals surface area contributed by atoms with E-state index in [9.17, 15) is 10.1 Å². The fraction of sp³-hybridized carbons (Fsp3) is 0.500. The standard InChI is InChI=1S/C28H36N2O2/c1-4-30(5-2)26(22-14-8-6-9-15-22)24-17-10-7-11-18-25(27(24)31)28(32-3)23-16-12-13-21(19-23)20-29/h6,8-9,12-16,19,24-26,28H,4-5,7,10-11,17-18H2,1-3H3. The lowest BCUT2D eigenvalue weighted by Crippen LogP contribution is -2.41. The molecule has 0 radical (unpaired) electrons. The molecule has 0 bridgehead atoms. The van der Waals surface area contributed by atoms with Crippen molar-refractivity contribution in [1.29, 1.82) is 5.26 Å². The highest BCUT2D eigenvalue weighted by Crippen LogP contribution is 2.41. The van der Waals surface area contributed by atoms with Crippen LogP contribution in [-0.2, 0) is 9.53 Å². The lowest BCUT2D eigenvalue weighted by molar-refractivity contribution is -0.135. The Hall–Kier alpha value is -2.48. The van der Waals surface area contributed by atoms with Crippen molar-refractivity contribution in [3.8, 4) is 6.07 Å². The van der Waals surface area contributed by atoms with E-state index in [-0.39, 0.29) is 24.0 Å². The molecule has 4 unspecified atom stereocenters. The fourth-order valence-corrected chi connectivity index (χ4v) is 5.36. The molecule has 4 atom stereocenters. The predicted octanol–water partition coefficient (Wildman–Crippen LogP) is 6.09. The van der Waals surface area contributed by atoms with Crippen LogP contribution in [0.25, 0.3) is 0 Å². The molecule has 0 amide bonds. The molecule has 2 aromatic carbocycles. The SMILES string of the molecule is CCN(CC)C(c1ccccc1)C1CCCCCC(C(OC)c2cccc(C#N)c2)C1=O. The second-order valence-electron chi connectivity index (χ2n) is 8.72. The first-order chi connectivity index (χ1) is 15.6. The van der Waals surface area contributed by atoms with E-state index in [1.165, 1.54) is 5.56 Å². The minimum Gasteiger partial charge on any atom is -0.376 e. The molecule has 0 aromatic heterocycles. The molecule has 170 valence electrons. The van der Waals surface area contributed by atoms with Crippen LogP contribution in [0, 0.1) is 23.2 Å². The number of nitrogens with zero attached hydrogens (tertiary/aromatic N) is 2. The van der Waals surface area contributed by atoms with Gasteiger partial charge in [-0.05, 0) is 49.2 Å². The van der Waals surface area contributed by atoms with E-state index >= 15 is 0 Å². The second kappa shape index (κ2) is 11.9. The summed E-state index contributed by atoms with van der Waals surface area (Å²) in [7, 11) is 1.68. The summed E-state index contributed by atoms with van der Waals surface area (Å²) >= 11 is 0. The Bertz CT molecular complexity index is 901. The third-order valence-electron chi connectivity index (χ3n) is 6.95. The monoisotopic (exact) mass is 432 g/mol. The molecule has 0 aliphatic heterocycles. The summed E-state index contributed by atoms with van der Waals surface area (Å²) in [5, 5.41) is 9.35. The zero-order valence-corrected chi connectivity index (χ0v) is 19.7. The molecule has 2 aromatic rings. The van der Waals surface area contributed by atoms with Crippen LogP contribution in [0.5, 0.6) is 0 Å². The number of benzene rings is 2. The molecule has 4 heteroatoms. The fourth-order valence-electron chi connectivity index (χ4n) is 5.36. The molecular weight excluding hydrogens is 396 g/mol. The third kappa shape index (κ3) is 5.46. The molecule has 0 heterocycles. The van der Waals surface area contributed by atoms with Gasteiger partial charge < -0.3 is 4.74 Å². The van der Waals surface area contributed by atoms with E-state index in [1.807, 2.05) is 24.3 Å². The number of carbonyl (C=O) groups excluding carboxylic acids is 1. The average molecular weight is 433 g/mol. The number of carbonyl (C=O) groups is 1. The van der Waals surface area contributed by atoms with Gasteiger partial charge in [0.15, 0.2) is 0 Å². The predicted molar refractivity (Wildman–Crippen MR) is 128 cm³/mol. The topological polar surface area (TPSA) is 53.3 Å². The molecule has 1 fully saturated rings. The molecule has 32 heavy (non-hydrogen) atoms. The minimum atomic E-state index is -0.329. The van der Waals surface area contributed by atoms with Crippen LogP contribution in [0.15, 0.2) is 54.6 Å². The van der Waals surface area contributed by atoms with Crippen molar-refractivity contribution in [2.75, 3.05) is 20.2 Å². The Balaban J connectivity index is 2.01. The lowest BCUT2D eigenvalue weighted by atomic mass is 9.74. The van der Waals surface area contributed by atoms with Gasteiger partial charge in [-0.25, -0.2) is 0 Å². The first-order valence-corrected chi connectivity index (χ1v) is 12.0. The van der Waals surface area contributed by atoms with Gasteiger partial charge in [-0.15, -0.1) is 0 Å². The summed E-state index contributed by atoms with van der Waals surface area (Å²) in [5.41, 5.74) is 2.74. The van der Waals surface area contributed by atoms with E-state index in [4.69, 9.17) is 4.74 Å². The molecule has 3 rings (SSSR count). The van der Waals surface area contributed by atoms with Crippen molar-refractivity contribution >= 4 is 5.78 Å². The minimum absolute atomic E-state index is 0.0700. The van der Waals surface area contributed by atoms with E-state index in [2.05, 4.69) is 49.1 Å². The van der Waals surface area contributed by atoms with Gasteiger partial charge in [0, 0.05) is 25.0 Å². The Morgan fingerprint density at radius 1 is 0.969 bits per heavy atom. The van der Waals surface area contributed by atoms with Crippen molar-refractivity contribution in [2.24, 2.45) is 11.8 Å². The molecule has 0 spiro atoms. The van der Waals surface area contributed by atoms with Gasteiger partial charge in [-0.2, -0.15) is 5.26 Å². The second-order valence-corrected chi connectivity index (χ2v) is 8.72. The smallest absolute Gasteiger partial charge is 0.143 e.